The van der Waals surface area contributed by atoms with Gasteiger partial charge in [0.1, 0.15) is 0 Å². The van der Waals surface area contributed by atoms with Crippen LogP contribution in [0.1, 0.15) is 5.56 Å². The normalized spacial score (nSPS) is 11.0. The Kier molecular flexibility index (Phi) is 5.93. The minimum absolute atomic E-state index is 0.105. The third-order valence-corrected chi connectivity index (χ3v) is 4.92. The van der Waals surface area contributed by atoms with Crippen LogP contribution in [0.2, 0.25) is 5.02 Å². The van der Waals surface area contributed by atoms with Crippen LogP contribution in [0.4, 0.5) is 11.4 Å². The van der Waals surface area contributed by atoms with Crippen molar-refractivity contribution in [3.8, 4) is 0 Å². The molecule has 0 fully saturated rings. The average molecular weight is 400 g/mol. The van der Waals surface area contributed by atoms with Crippen molar-refractivity contribution < 1.29 is 13.3 Å². The third-order valence-electron chi connectivity index (χ3n) is 3.21. The lowest BCUT2D eigenvalue weighted by atomic mass is 10.2. The Bertz CT molecular complexity index is 915. The molecule has 0 aliphatic heterocycles. The molecule has 0 unspecified atom stereocenters. The summed E-state index contributed by atoms with van der Waals surface area (Å²) in [4.78, 5) is 10.5. The van der Waals surface area contributed by atoms with E-state index in [1.807, 2.05) is 0 Å². The van der Waals surface area contributed by atoms with Gasteiger partial charge < -0.3 is 10.6 Å². The first-order chi connectivity index (χ1) is 11.7. The first-order valence-electron chi connectivity index (χ1n) is 6.94. The van der Waals surface area contributed by atoms with E-state index >= 15 is 0 Å². The maximum Gasteiger partial charge on any atom is 0.271 e. The van der Waals surface area contributed by atoms with Gasteiger partial charge in [0.05, 0.1) is 20.5 Å². The summed E-state index contributed by atoms with van der Waals surface area (Å²) >= 11 is 11.1. The summed E-state index contributed by atoms with van der Waals surface area (Å²) in [6.07, 6.45) is 1.14. The molecule has 7 nitrogen and oxygen atoms in total. The van der Waals surface area contributed by atoms with E-state index in [4.69, 9.17) is 23.8 Å². The summed E-state index contributed by atoms with van der Waals surface area (Å²) in [6.45, 7) is 0.350. The summed E-state index contributed by atoms with van der Waals surface area (Å²) in [7, 11) is -3.24. The van der Waals surface area contributed by atoms with Gasteiger partial charge in [-0.1, -0.05) is 23.7 Å². The van der Waals surface area contributed by atoms with E-state index in [1.165, 1.54) is 30.3 Å². The highest BCUT2D eigenvalue weighted by Gasteiger charge is 2.11. The number of nitrogens with zero attached hydrogens (tertiary/aromatic N) is 1. The summed E-state index contributed by atoms with van der Waals surface area (Å²) < 4.78 is 22.8. The fourth-order valence-electron chi connectivity index (χ4n) is 1.93. The summed E-state index contributed by atoms with van der Waals surface area (Å²) in [5.41, 5.74) is 1.04. The molecule has 0 saturated heterocycles. The smallest absolute Gasteiger partial charge is 0.271 e. The van der Waals surface area contributed by atoms with E-state index < -0.39 is 14.8 Å². The molecule has 2 N–H and O–H groups in total. The lowest BCUT2D eigenvalue weighted by Crippen LogP contribution is -2.28. The average Bonchev–Trinajstić information content (AvgIpc) is 2.54. The van der Waals surface area contributed by atoms with Crippen molar-refractivity contribution in [2.75, 3.05) is 11.6 Å². The van der Waals surface area contributed by atoms with Crippen LogP contribution in [0, 0.1) is 10.1 Å². The van der Waals surface area contributed by atoms with E-state index in [9.17, 15) is 18.5 Å². The molecule has 0 bridgehead atoms. The first kappa shape index (κ1) is 19.1. The lowest BCUT2D eigenvalue weighted by molar-refractivity contribution is -0.384. The number of nitro benzene ring substituents is 1. The van der Waals surface area contributed by atoms with Crippen molar-refractivity contribution in [2.24, 2.45) is 0 Å². The number of non-ortho nitro benzene ring substituents is 1. The van der Waals surface area contributed by atoms with Crippen molar-refractivity contribution >= 4 is 50.1 Å². The Balaban J connectivity index is 1.99. The van der Waals surface area contributed by atoms with Crippen LogP contribution in [-0.2, 0) is 16.4 Å². The molecule has 0 saturated carbocycles. The van der Waals surface area contributed by atoms with Crippen LogP contribution in [0.15, 0.2) is 47.4 Å². The monoisotopic (exact) mass is 399 g/mol. The highest BCUT2D eigenvalue weighted by Crippen LogP contribution is 2.26. The van der Waals surface area contributed by atoms with Crippen LogP contribution >= 0.6 is 23.8 Å². The fourth-order valence-corrected chi connectivity index (χ4v) is 2.90. The Labute approximate surface area is 155 Å². The van der Waals surface area contributed by atoms with Crippen LogP contribution in [0.5, 0.6) is 0 Å². The van der Waals surface area contributed by atoms with Crippen molar-refractivity contribution in [1.82, 2.24) is 5.32 Å². The maximum absolute atomic E-state index is 11.4. The number of hydrogen-bond donors (Lipinski definition) is 2. The molecule has 10 heteroatoms. The van der Waals surface area contributed by atoms with Gasteiger partial charge in [-0.25, -0.2) is 8.42 Å². The highest BCUT2D eigenvalue weighted by molar-refractivity contribution is 7.90. The van der Waals surface area contributed by atoms with Gasteiger partial charge in [-0.15, -0.1) is 0 Å². The molecular weight excluding hydrogens is 386 g/mol. The molecule has 2 aromatic rings. The second-order valence-corrected chi connectivity index (χ2v) is 7.98. The van der Waals surface area contributed by atoms with E-state index in [1.54, 1.807) is 12.1 Å². The van der Waals surface area contributed by atoms with Gasteiger partial charge in [0.15, 0.2) is 14.9 Å². The fraction of sp³-hybridized carbons (Fsp3) is 0.133. The van der Waals surface area contributed by atoms with Gasteiger partial charge in [0, 0.05) is 24.9 Å². The second kappa shape index (κ2) is 7.77. The zero-order valence-electron chi connectivity index (χ0n) is 13.0. The van der Waals surface area contributed by atoms with Gasteiger partial charge in [-0.3, -0.25) is 10.1 Å². The number of anilines is 1. The highest BCUT2D eigenvalue weighted by atomic mass is 35.5. The molecule has 0 radical (unpaired) electrons. The molecule has 25 heavy (non-hydrogen) atoms. The minimum Gasteiger partial charge on any atom is -0.358 e. The van der Waals surface area contributed by atoms with Gasteiger partial charge in [0.2, 0.25) is 0 Å². The quantitative estimate of drug-likeness (QED) is 0.452. The number of rotatable bonds is 5. The number of sulfone groups is 1. The topological polar surface area (TPSA) is 101 Å². The minimum atomic E-state index is -3.24. The van der Waals surface area contributed by atoms with Gasteiger partial charge in [0.25, 0.3) is 5.69 Å². The molecule has 2 rings (SSSR count). The largest absolute Gasteiger partial charge is 0.358 e. The van der Waals surface area contributed by atoms with Crippen LogP contribution < -0.4 is 10.6 Å². The molecule has 0 heterocycles. The predicted molar refractivity (Wildman–Crippen MR) is 101 cm³/mol. The van der Waals surface area contributed by atoms with E-state index in [-0.39, 0.29) is 15.7 Å². The third kappa shape index (κ3) is 5.38. The van der Waals surface area contributed by atoms with Crippen LogP contribution in [-0.4, -0.2) is 24.7 Å². The summed E-state index contributed by atoms with van der Waals surface area (Å²) in [6, 6.07) is 10.4. The molecule has 0 aliphatic rings. The standard InChI is InChI=1S/C15H14ClN3O4S2/c1-25(22,23)12-5-2-10(3-6-12)9-17-15(24)18-14-8-11(19(20)21)4-7-13(14)16/h2-8H,9H2,1H3,(H2,17,18,24). The van der Waals surface area contributed by atoms with Gasteiger partial charge in [-0.05, 0) is 36.0 Å². The zero-order valence-corrected chi connectivity index (χ0v) is 15.4. The van der Waals surface area contributed by atoms with Gasteiger partial charge in [-0.2, -0.15) is 0 Å². The Morgan fingerprint density at radius 2 is 1.88 bits per heavy atom. The Hall–Kier alpha value is -2.23. The molecule has 0 amide bonds. The number of benzene rings is 2. The summed E-state index contributed by atoms with van der Waals surface area (Å²) in [5, 5.41) is 17.1. The first-order valence-corrected chi connectivity index (χ1v) is 9.62. The van der Waals surface area contributed by atoms with E-state index in [0.717, 1.165) is 11.8 Å². The molecular formula is C15H14ClN3O4S2. The molecule has 0 aliphatic carbocycles. The predicted octanol–water partition coefficient (Wildman–Crippen LogP) is 3.14. The number of halogens is 1. The SMILES string of the molecule is CS(=O)(=O)c1ccc(CNC(=S)Nc2cc([N+](=O)[O-])ccc2Cl)cc1. The zero-order chi connectivity index (χ0) is 18.6. The van der Waals surface area contributed by atoms with E-state index in [0.29, 0.717) is 17.3 Å². The summed E-state index contributed by atoms with van der Waals surface area (Å²) in [5.74, 6) is 0. The number of nitrogens with one attached hydrogen (secondary N) is 2. The molecule has 0 spiro atoms. The second-order valence-electron chi connectivity index (χ2n) is 5.15. The Morgan fingerprint density at radius 1 is 1.24 bits per heavy atom. The lowest BCUT2D eigenvalue weighted by Gasteiger charge is -2.12. The van der Waals surface area contributed by atoms with Gasteiger partial charge >= 0.3 is 0 Å². The molecule has 2 aromatic carbocycles. The van der Waals surface area contributed by atoms with Crippen molar-refractivity contribution in [3.63, 3.8) is 0 Å². The number of hydrogen-bond acceptors (Lipinski definition) is 5. The molecule has 0 atom stereocenters. The number of nitro groups is 1. The van der Waals surface area contributed by atoms with Crippen molar-refractivity contribution in [3.05, 3.63) is 63.2 Å². The van der Waals surface area contributed by atoms with E-state index in [2.05, 4.69) is 10.6 Å². The van der Waals surface area contributed by atoms with Crippen LogP contribution in [0.25, 0.3) is 0 Å². The number of thiocarbonyl (C=S) groups is 1. The van der Waals surface area contributed by atoms with Crippen LogP contribution in [0.3, 0.4) is 0 Å². The maximum atomic E-state index is 11.4. The van der Waals surface area contributed by atoms with Crippen molar-refractivity contribution in [2.45, 2.75) is 11.4 Å². The molecule has 132 valence electrons. The van der Waals surface area contributed by atoms with Crippen molar-refractivity contribution in [1.29, 1.82) is 0 Å². The Morgan fingerprint density at radius 3 is 2.44 bits per heavy atom. The molecule has 0 aromatic heterocycles.